The number of rotatable bonds is 6. The monoisotopic (exact) mass is 397 g/mol. The topological polar surface area (TPSA) is 46.6 Å². The number of thioether (sulfide) groups is 1. The molecule has 0 spiro atoms. The summed E-state index contributed by atoms with van der Waals surface area (Å²) in [5, 5.41) is 0.931. The number of amides is 1. The fourth-order valence-electron chi connectivity index (χ4n) is 2.05. The number of nitrogens with zero attached hydrogens (tertiary/aromatic N) is 1. The van der Waals surface area contributed by atoms with Crippen molar-refractivity contribution in [2.24, 2.45) is 0 Å². The van der Waals surface area contributed by atoms with E-state index in [-0.39, 0.29) is 18.1 Å². The molecule has 0 aliphatic rings. The zero-order chi connectivity index (χ0) is 18.4. The Hall–Kier alpha value is -1.69. The van der Waals surface area contributed by atoms with Crippen molar-refractivity contribution in [2.75, 3.05) is 19.9 Å². The van der Waals surface area contributed by atoms with E-state index in [4.69, 9.17) is 27.9 Å². The van der Waals surface area contributed by atoms with Crippen LogP contribution in [0.2, 0.25) is 10.0 Å². The van der Waals surface area contributed by atoms with E-state index in [1.807, 2.05) is 24.5 Å². The molecule has 0 heterocycles. The van der Waals surface area contributed by atoms with Crippen LogP contribution < -0.4 is 0 Å². The Kier molecular flexibility index (Phi) is 7.17. The second kappa shape index (κ2) is 9.13. The van der Waals surface area contributed by atoms with E-state index in [2.05, 4.69) is 0 Å². The van der Waals surface area contributed by atoms with Gasteiger partial charge in [-0.25, -0.2) is 4.79 Å². The Morgan fingerprint density at radius 3 is 2.44 bits per heavy atom. The van der Waals surface area contributed by atoms with Crippen LogP contribution in [0, 0.1) is 0 Å². The van der Waals surface area contributed by atoms with E-state index in [1.165, 1.54) is 16.7 Å². The number of hydrogen-bond acceptors (Lipinski definition) is 4. The van der Waals surface area contributed by atoms with E-state index in [0.717, 1.165) is 10.5 Å². The van der Waals surface area contributed by atoms with Crippen molar-refractivity contribution >= 4 is 46.8 Å². The average molecular weight is 398 g/mol. The molecule has 2 aromatic rings. The summed E-state index contributed by atoms with van der Waals surface area (Å²) in [5.41, 5.74) is 1.18. The first-order valence-corrected chi connectivity index (χ1v) is 9.38. The van der Waals surface area contributed by atoms with Gasteiger partial charge in [0.05, 0.1) is 10.6 Å². The number of benzene rings is 2. The van der Waals surface area contributed by atoms with Crippen molar-refractivity contribution < 1.29 is 14.3 Å². The number of likely N-dealkylation sites (N-methyl/N-ethyl adjacent to an activating group) is 1. The minimum atomic E-state index is -0.617. The lowest BCUT2D eigenvalue weighted by Crippen LogP contribution is -2.30. The largest absolute Gasteiger partial charge is 0.452 e. The van der Waals surface area contributed by atoms with Gasteiger partial charge in [-0.2, -0.15) is 0 Å². The smallest absolute Gasteiger partial charge is 0.340 e. The molecule has 0 atom stereocenters. The van der Waals surface area contributed by atoms with Gasteiger partial charge in [0.25, 0.3) is 5.91 Å². The van der Waals surface area contributed by atoms with Crippen LogP contribution in [0.3, 0.4) is 0 Å². The van der Waals surface area contributed by atoms with Crippen LogP contribution in [0.5, 0.6) is 0 Å². The molecule has 0 unspecified atom stereocenters. The molecular weight excluding hydrogens is 381 g/mol. The summed E-state index contributed by atoms with van der Waals surface area (Å²) >= 11 is 13.4. The molecule has 0 bridgehead atoms. The fraction of sp³-hybridized carbons (Fsp3) is 0.222. The van der Waals surface area contributed by atoms with Gasteiger partial charge in [-0.05, 0) is 42.2 Å². The van der Waals surface area contributed by atoms with Crippen molar-refractivity contribution in [3.8, 4) is 0 Å². The van der Waals surface area contributed by atoms with Gasteiger partial charge in [0.15, 0.2) is 6.61 Å². The van der Waals surface area contributed by atoms with Crippen molar-refractivity contribution in [1.29, 1.82) is 0 Å². The molecule has 0 radical (unpaired) electrons. The second-order valence-electron chi connectivity index (χ2n) is 5.30. The van der Waals surface area contributed by atoms with Gasteiger partial charge in [0.1, 0.15) is 0 Å². The van der Waals surface area contributed by atoms with Crippen molar-refractivity contribution in [3.05, 3.63) is 63.6 Å². The Bertz CT molecular complexity index is 765. The minimum Gasteiger partial charge on any atom is -0.452 e. The summed E-state index contributed by atoms with van der Waals surface area (Å²) in [5.74, 6) is -0.922. The first kappa shape index (κ1) is 19.6. The number of ether oxygens (including phenoxy) is 1. The Morgan fingerprint density at radius 1 is 1.12 bits per heavy atom. The summed E-state index contributed by atoms with van der Waals surface area (Å²) in [6.45, 7) is 0.0546. The number of hydrogen-bond donors (Lipinski definition) is 0. The molecule has 132 valence electrons. The summed E-state index contributed by atoms with van der Waals surface area (Å²) in [7, 11) is 1.64. The van der Waals surface area contributed by atoms with Crippen LogP contribution in [0.15, 0.2) is 47.4 Å². The maximum absolute atomic E-state index is 12.2. The maximum Gasteiger partial charge on any atom is 0.340 e. The molecule has 0 saturated heterocycles. The molecule has 0 saturated carbocycles. The molecule has 2 rings (SSSR count). The normalized spacial score (nSPS) is 10.4. The number of carbonyl (C=O) groups is 2. The van der Waals surface area contributed by atoms with Crippen molar-refractivity contribution in [1.82, 2.24) is 4.90 Å². The van der Waals surface area contributed by atoms with E-state index in [0.29, 0.717) is 16.6 Å². The third kappa shape index (κ3) is 5.66. The molecule has 0 aliphatic heterocycles. The van der Waals surface area contributed by atoms with Crippen molar-refractivity contribution in [3.63, 3.8) is 0 Å². The standard InChI is InChI=1S/C18H17Cl2NO3S/c1-21(10-12-3-5-13(19)6-4-12)17(22)11-24-18(23)15-9-14(25-2)7-8-16(15)20/h3-9H,10-11H2,1-2H3. The molecule has 25 heavy (non-hydrogen) atoms. The Morgan fingerprint density at radius 2 is 1.80 bits per heavy atom. The molecule has 0 aromatic heterocycles. The lowest BCUT2D eigenvalue weighted by Gasteiger charge is -2.17. The van der Waals surface area contributed by atoms with E-state index >= 15 is 0 Å². The van der Waals surface area contributed by atoms with E-state index < -0.39 is 5.97 Å². The minimum absolute atomic E-state index is 0.252. The first-order chi connectivity index (χ1) is 11.9. The number of halogens is 2. The predicted octanol–water partition coefficient (Wildman–Crippen LogP) is 4.53. The zero-order valence-electron chi connectivity index (χ0n) is 13.8. The zero-order valence-corrected chi connectivity index (χ0v) is 16.1. The number of carbonyl (C=O) groups excluding carboxylic acids is 2. The third-order valence-corrected chi connectivity index (χ3v) is 4.79. The Labute approximate surface area is 161 Å². The van der Waals surface area contributed by atoms with E-state index in [1.54, 1.807) is 31.3 Å². The summed E-state index contributed by atoms with van der Waals surface area (Å²) in [4.78, 5) is 26.7. The molecule has 7 heteroatoms. The molecule has 1 amide bonds. The Balaban J connectivity index is 1.92. The average Bonchev–Trinajstić information content (AvgIpc) is 2.61. The molecule has 0 aliphatic carbocycles. The first-order valence-electron chi connectivity index (χ1n) is 7.39. The van der Waals surface area contributed by atoms with Gasteiger partial charge >= 0.3 is 5.97 Å². The molecule has 0 N–H and O–H groups in total. The summed E-state index contributed by atoms with van der Waals surface area (Å²) < 4.78 is 5.10. The highest BCUT2D eigenvalue weighted by Crippen LogP contribution is 2.23. The summed E-state index contributed by atoms with van der Waals surface area (Å²) in [6, 6.07) is 12.3. The van der Waals surface area contributed by atoms with Gasteiger partial charge in [0, 0.05) is 23.5 Å². The van der Waals surface area contributed by atoms with Crippen LogP contribution in [0.25, 0.3) is 0 Å². The van der Waals surface area contributed by atoms with Gasteiger partial charge in [0.2, 0.25) is 0 Å². The highest BCUT2D eigenvalue weighted by Gasteiger charge is 2.16. The fourth-order valence-corrected chi connectivity index (χ4v) is 2.82. The van der Waals surface area contributed by atoms with Gasteiger partial charge in [-0.15, -0.1) is 11.8 Å². The van der Waals surface area contributed by atoms with E-state index in [9.17, 15) is 9.59 Å². The van der Waals surface area contributed by atoms with Gasteiger partial charge in [-0.3, -0.25) is 4.79 Å². The van der Waals surface area contributed by atoms with Crippen LogP contribution in [-0.4, -0.2) is 36.7 Å². The van der Waals surface area contributed by atoms with Crippen LogP contribution >= 0.6 is 35.0 Å². The highest BCUT2D eigenvalue weighted by molar-refractivity contribution is 7.98. The summed E-state index contributed by atoms with van der Waals surface area (Å²) in [6.07, 6.45) is 1.90. The molecule has 4 nitrogen and oxygen atoms in total. The molecule has 2 aromatic carbocycles. The molecular formula is C18H17Cl2NO3S. The highest BCUT2D eigenvalue weighted by atomic mass is 35.5. The SMILES string of the molecule is CSc1ccc(Cl)c(C(=O)OCC(=O)N(C)Cc2ccc(Cl)cc2)c1. The van der Waals surface area contributed by atoms with Crippen molar-refractivity contribution in [2.45, 2.75) is 11.4 Å². The van der Waals surface area contributed by atoms with Crippen LogP contribution in [0.4, 0.5) is 0 Å². The lowest BCUT2D eigenvalue weighted by atomic mass is 10.2. The van der Waals surface area contributed by atoms with Gasteiger partial charge in [-0.1, -0.05) is 35.3 Å². The molecule has 0 fully saturated rings. The third-order valence-electron chi connectivity index (χ3n) is 3.48. The maximum atomic E-state index is 12.2. The van der Waals surface area contributed by atoms with Crippen LogP contribution in [0.1, 0.15) is 15.9 Å². The predicted molar refractivity (Wildman–Crippen MR) is 101 cm³/mol. The number of esters is 1. The lowest BCUT2D eigenvalue weighted by molar-refractivity contribution is -0.133. The quantitative estimate of drug-likeness (QED) is 0.530. The van der Waals surface area contributed by atoms with Crippen LogP contribution in [-0.2, 0) is 16.1 Å². The van der Waals surface area contributed by atoms with Gasteiger partial charge < -0.3 is 9.64 Å². The second-order valence-corrected chi connectivity index (χ2v) is 7.02.